The number of aromatic nitrogens is 2. The van der Waals surface area contributed by atoms with Crippen molar-refractivity contribution >= 4 is 11.6 Å². The number of halogens is 1. The van der Waals surface area contributed by atoms with Crippen molar-refractivity contribution in [2.45, 2.75) is 19.1 Å². The van der Waals surface area contributed by atoms with Crippen LogP contribution in [0.4, 0.5) is 0 Å². The van der Waals surface area contributed by atoms with Crippen molar-refractivity contribution in [3.63, 3.8) is 0 Å². The van der Waals surface area contributed by atoms with Gasteiger partial charge < -0.3 is 5.11 Å². The molecule has 100 valence electrons. The van der Waals surface area contributed by atoms with Gasteiger partial charge in [-0.25, -0.2) is 0 Å². The lowest BCUT2D eigenvalue weighted by Crippen LogP contribution is -2.33. The highest BCUT2D eigenvalue weighted by molar-refractivity contribution is 6.30. The van der Waals surface area contributed by atoms with Crippen LogP contribution in [0, 0.1) is 0 Å². The van der Waals surface area contributed by atoms with Crippen molar-refractivity contribution < 1.29 is 5.11 Å². The number of hydrogen-bond donors (Lipinski definition) is 2. The van der Waals surface area contributed by atoms with E-state index in [1.807, 2.05) is 30.5 Å². The molecule has 1 aromatic carbocycles. The predicted octanol–water partition coefficient (Wildman–Crippen LogP) is 2.15. The smallest absolute Gasteiger partial charge is 0.0917 e. The molecule has 0 fully saturated rings. The van der Waals surface area contributed by atoms with E-state index in [-0.39, 0.29) is 0 Å². The van der Waals surface area contributed by atoms with E-state index in [9.17, 15) is 5.11 Å². The van der Waals surface area contributed by atoms with E-state index in [1.54, 1.807) is 0 Å². The first kappa shape index (κ1) is 12.7. The van der Waals surface area contributed by atoms with Crippen LogP contribution >= 0.6 is 11.6 Å². The number of aliphatic hydroxyl groups is 1. The molecule has 0 aliphatic carbocycles. The van der Waals surface area contributed by atoms with Crippen LogP contribution in [0.15, 0.2) is 30.5 Å². The topological polar surface area (TPSA) is 52.1 Å². The standard InChI is InChI=1S/C14H16ClN3O/c15-12-3-1-10(2-4-12)14(19)9-18-6-5-13-11(8-18)7-16-17-13/h1-4,7,14,19H,5-6,8-9H2,(H,16,17). The van der Waals surface area contributed by atoms with Crippen LogP contribution < -0.4 is 0 Å². The summed E-state index contributed by atoms with van der Waals surface area (Å²) in [5.74, 6) is 0. The lowest BCUT2D eigenvalue weighted by molar-refractivity contribution is 0.106. The molecule has 0 bridgehead atoms. The molecule has 1 aliphatic rings. The molecule has 1 unspecified atom stereocenters. The summed E-state index contributed by atoms with van der Waals surface area (Å²) in [6.07, 6.45) is 2.35. The largest absolute Gasteiger partial charge is 0.387 e. The summed E-state index contributed by atoms with van der Waals surface area (Å²) in [4.78, 5) is 2.25. The molecular weight excluding hydrogens is 262 g/mol. The number of nitrogens with one attached hydrogen (secondary N) is 1. The maximum absolute atomic E-state index is 10.3. The van der Waals surface area contributed by atoms with Crippen molar-refractivity contribution in [3.05, 3.63) is 52.3 Å². The zero-order valence-corrected chi connectivity index (χ0v) is 11.3. The molecule has 1 aliphatic heterocycles. The summed E-state index contributed by atoms with van der Waals surface area (Å²) >= 11 is 5.85. The number of fused-ring (bicyclic) bond motifs is 1. The normalized spacial score (nSPS) is 17.2. The molecule has 2 aromatic rings. The van der Waals surface area contributed by atoms with E-state index in [0.29, 0.717) is 11.6 Å². The van der Waals surface area contributed by atoms with Crippen molar-refractivity contribution in [2.24, 2.45) is 0 Å². The summed E-state index contributed by atoms with van der Waals surface area (Å²) in [6.45, 7) is 2.42. The Balaban J connectivity index is 1.64. The fraction of sp³-hybridized carbons (Fsp3) is 0.357. The highest BCUT2D eigenvalue weighted by atomic mass is 35.5. The van der Waals surface area contributed by atoms with Gasteiger partial charge in [-0.05, 0) is 17.7 Å². The molecule has 0 amide bonds. The number of aliphatic hydroxyl groups excluding tert-OH is 1. The molecule has 3 rings (SSSR count). The Hall–Kier alpha value is -1.36. The van der Waals surface area contributed by atoms with Gasteiger partial charge in [-0.15, -0.1) is 0 Å². The van der Waals surface area contributed by atoms with Crippen LogP contribution in [0.3, 0.4) is 0 Å². The van der Waals surface area contributed by atoms with Gasteiger partial charge in [-0.3, -0.25) is 10.00 Å². The van der Waals surface area contributed by atoms with Crippen LogP contribution in [0.1, 0.15) is 22.9 Å². The molecule has 0 radical (unpaired) electrons. The number of rotatable bonds is 3. The minimum absolute atomic E-state index is 0.481. The Morgan fingerprint density at radius 1 is 1.37 bits per heavy atom. The first-order valence-electron chi connectivity index (χ1n) is 6.39. The molecule has 0 saturated heterocycles. The number of aromatic amines is 1. The number of H-pyrrole nitrogens is 1. The number of nitrogens with zero attached hydrogens (tertiary/aromatic N) is 2. The van der Waals surface area contributed by atoms with Gasteiger partial charge >= 0.3 is 0 Å². The summed E-state index contributed by atoms with van der Waals surface area (Å²) in [7, 11) is 0. The van der Waals surface area contributed by atoms with E-state index in [1.165, 1.54) is 11.3 Å². The van der Waals surface area contributed by atoms with E-state index >= 15 is 0 Å². The molecule has 1 atom stereocenters. The monoisotopic (exact) mass is 277 g/mol. The quantitative estimate of drug-likeness (QED) is 0.904. The van der Waals surface area contributed by atoms with Gasteiger partial charge in [0.05, 0.1) is 12.3 Å². The zero-order chi connectivity index (χ0) is 13.2. The maximum atomic E-state index is 10.3. The molecule has 0 saturated carbocycles. The van der Waals surface area contributed by atoms with Crippen LogP contribution in [0.2, 0.25) is 5.02 Å². The van der Waals surface area contributed by atoms with Crippen molar-refractivity contribution in [1.82, 2.24) is 15.1 Å². The van der Waals surface area contributed by atoms with Gasteiger partial charge in [0.25, 0.3) is 0 Å². The van der Waals surface area contributed by atoms with E-state index in [2.05, 4.69) is 15.1 Å². The summed E-state index contributed by atoms with van der Waals surface area (Å²) in [5.41, 5.74) is 3.36. The molecule has 2 heterocycles. The Bertz CT molecular complexity index is 552. The third-order valence-electron chi connectivity index (χ3n) is 3.57. The average molecular weight is 278 g/mol. The molecular formula is C14H16ClN3O. The summed E-state index contributed by atoms with van der Waals surface area (Å²) in [5, 5.41) is 18.0. The summed E-state index contributed by atoms with van der Waals surface area (Å²) in [6, 6.07) is 7.37. The van der Waals surface area contributed by atoms with E-state index < -0.39 is 6.10 Å². The third kappa shape index (κ3) is 2.81. The Kier molecular flexibility index (Phi) is 3.55. The highest BCUT2D eigenvalue weighted by Crippen LogP contribution is 2.21. The first-order valence-corrected chi connectivity index (χ1v) is 6.77. The van der Waals surface area contributed by atoms with Crippen LogP contribution in [-0.4, -0.2) is 33.3 Å². The van der Waals surface area contributed by atoms with Crippen LogP contribution in [-0.2, 0) is 13.0 Å². The number of β-amino-alcohol motifs (C(OH)–C–C–N with tert-alkyl or cyclic N) is 1. The van der Waals surface area contributed by atoms with Crippen LogP contribution in [0.5, 0.6) is 0 Å². The number of benzene rings is 1. The van der Waals surface area contributed by atoms with Crippen molar-refractivity contribution in [2.75, 3.05) is 13.1 Å². The molecule has 1 aromatic heterocycles. The Morgan fingerprint density at radius 3 is 2.95 bits per heavy atom. The highest BCUT2D eigenvalue weighted by Gasteiger charge is 2.20. The van der Waals surface area contributed by atoms with Crippen molar-refractivity contribution in [1.29, 1.82) is 0 Å². The Labute approximate surface area is 117 Å². The Morgan fingerprint density at radius 2 is 2.16 bits per heavy atom. The van der Waals surface area contributed by atoms with Gasteiger partial charge in [-0.1, -0.05) is 23.7 Å². The predicted molar refractivity (Wildman–Crippen MR) is 74.0 cm³/mol. The third-order valence-corrected chi connectivity index (χ3v) is 3.82. The van der Waals surface area contributed by atoms with E-state index in [4.69, 9.17) is 11.6 Å². The van der Waals surface area contributed by atoms with Gasteiger partial charge in [0.15, 0.2) is 0 Å². The maximum Gasteiger partial charge on any atom is 0.0917 e. The lowest BCUT2D eigenvalue weighted by atomic mass is 10.1. The lowest BCUT2D eigenvalue weighted by Gasteiger charge is -2.28. The molecule has 0 spiro atoms. The second-order valence-electron chi connectivity index (χ2n) is 4.93. The van der Waals surface area contributed by atoms with Gasteiger partial charge in [-0.2, -0.15) is 5.10 Å². The van der Waals surface area contributed by atoms with E-state index in [0.717, 1.165) is 25.1 Å². The number of hydrogen-bond acceptors (Lipinski definition) is 3. The van der Waals surface area contributed by atoms with Gasteiger partial charge in [0.2, 0.25) is 0 Å². The minimum atomic E-state index is -0.481. The van der Waals surface area contributed by atoms with Crippen LogP contribution in [0.25, 0.3) is 0 Å². The average Bonchev–Trinajstić information content (AvgIpc) is 2.87. The van der Waals surface area contributed by atoms with Crippen molar-refractivity contribution in [3.8, 4) is 0 Å². The minimum Gasteiger partial charge on any atom is -0.387 e. The van der Waals surface area contributed by atoms with Gasteiger partial charge in [0.1, 0.15) is 0 Å². The summed E-state index contributed by atoms with van der Waals surface area (Å²) < 4.78 is 0. The SMILES string of the molecule is OC(CN1CCc2[nH]ncc2C1)c1ccc(Cl)cc1. The molecule has 2 N–H and O–H groups in total. The fourth-order valence-corrected chi connectivity index (χ4v) is 2.60. The molecule has 19 heavy (non-hydrogen) atoms. The fourth-order valence-electron chi connectivity index (χ4n) is 2.47. The second-order valence-corrected chi connectivity index (χ2v) is 5.36. The second kappa shape index (κ2) is 5.33. The zero-order valence-electron chi connectivity index (χ0n) is 10.5. The molecule has 4 nitrogen and oxygen atoms in total. The molecule has 5 heteroatoms. The first-order chi connectivity index (χ1) is 9.22. The van der Waals surface area contributed by atoms with Gasteiger partial charge in [0, 0.05) is 42.3 Å².